The Kier molecular flexibility index (Phi) is 6.57. The van der Waals surface area contributed by atoms with Crippen molar-refractivity contribution < 1.29 is 24.2 Å². The number of ether oxygens (including phenoxy) is 1. The molecule has 3 rings (SSSR count). The minimum absolute atomic E-state index is 0.0677. The average Bonchev–Trinajstić information content (AvgIpc) is 3.03. The van der Waals surface area contributed by atoms with Crippen LogP contribution in [0.5, 0.6) is 0 Å². The summed E-state index contributed by atoms with van der Waals surface area (Å²) >= 11 is 0. The molecule has 0 fully saturated rings. The van der Waals surface area contributed by atoms with Gasteiger partial charge in [-0.25, -0.2) is 4.79 Å². The van der Waals surface area contributed by atoms with Gasteiger partial charge in [-0.1, -0.05) is 62.4 Å². The molecule has 0 unspecified atom stereocenters. The molecule has 2 aromatic carbocycles. The van der Waals surface area contributed by atoms with Crippen LogP contribution in [0.4, 0.5) is 4.79 Å². The Hall–Kier alpha value is -3.35. The molecule has 0 saturated carbocycles. The van der Waals surface area contributed by atoms with E-state index in [0.717, 1.165) is 22.3 Å². The minimum Gasteiger partial charge on any atom is -0.481 e. The average molecular weight is 439 g/mol. The van der Waals surface area contributed by atoms with Crippen LogP contribution in [0.25, 0.3) is 11.1 Å². The Morgan fingerprint density at radius 1 is 0.938 bits per heavy atom. The maximum absolute atomic E-state index is 12.6. The van der Waals surface area contributed by atoms with Crippen molar-refractivity contribution in [2.24, 2.45) is 5.41 Å². The number of fused-ring (bicyclic) bond motifs is 3. The summed E-state index contributed by atoms with van der Waals surface area (Å²) in [6.45, 7) is 7.00. The Balaban J connectivity index is 1.59. The van der Waals surface area contributed by atoms with Gasteiger partial charge in [-0.2, -0.15) is 0 Å². The molecule has 0 bridgehead atoms. The Bertz CT molecular complexity index is 983. The van der Waals surface area contributed by atoms with E-state index in [1.807, 2.05) is 36.4 Å². The number of carbonyl (C=O) groups is 3. The molecular formula is C25H30N2O5. The molecule has 0 spiro atoms. The van der Waals surface area contributed by atoms with E-state index in [9.17, 15) is 14.4 Å². The summed E-state index contributed by atoms with van der Waals surface area (Å²) < 4.78 is 5.52. The number of amides is 2. The van der Waals surface area contributed by atoms with Crippen molar-refractivity contribution in [2.45, 2.75) is 45.6 Å². The van der Waals surface area contributed by atoms with Crippen molar-refractivity contribution >= 4 is 18.0 Å². The van der Waals surface area contributed by atoms with Gasteiger partial charge in [-0.15, -0.1) is 0 Å². The molecule has 0 atom stereocenters. The first kappa shape index (κ1) is 23.3. The third-order valence-corrected chi connectivity index (χ3v) is 5.68. The van der Waals surface area contributed by atoms with Crippen LogP contribution < -0.4 is 10.6 Å². The van der Waals surface area contributed by atoms with E-state index in [1.165, 1.54) is 0 Å². The van der Waals surface area contributed by atoms with Crippen molar-refractivity contribution in [1.29, 1.82) is 0 Å². The van der Waals surface area contributed by atoms with Gasteiger partial charge in [0.25, 0.3) is 0 Å². The van der Waals surface area contributed by atoms with E-state index in [4.69, 9.17) is 9.84 Å². The van der Waals surface area contributed by atoms with Crippen LogP contribution in [0, 0.1) is 5.41 Å². The summed E-state index contributed by atoms with van der Waals surface area (Å²) in [7, 11) is 0. The largest absolute Gasteiger partial charge is 0.481 e. The lowest BCUT2D eigenvalue weighted by molar-refractivity contribution is -0.139. The zero-order valence-corrected chi connectivity index (χ0v) is 18.9. The number of alkyl carbamates (subject to hydrolysis) is 1. The standard InChI is InChI=1S/C25H30N2O5/c1-24(2,13-21(28)29)15-26-22(30)25(3,4)27-23(31)32-14-20-18-11-7-5-9-16(18)17-10-6-8-12-19(17)20/h5-12,20H,13-15H2,1-4H3,(H,26,30)(H,27,31)(H,28,29). The molecule has 0 radical (unpaired) electrons. The Morgan fingerprint density at radius 3 is 2.00 bits per heavy atom. The highest BCUT2D eigenvalue weighted by Gasteiger charge is 2.33. The number of benzene rings is 2. The lowest BCUT2D eigenvalue weighted by atomic mass is 9.89. The molecule has 7 heteroatoms. The van der Waals surface area contributed by atoms with Gasteiger partial charge in [0.1, 0.15) is 12.1 Å². The van der Waals surface area contributed by atoms with Crippen LogP contribution in [-0.4, -0.2) is 41.8 Å². The molecule has 32 heavy (non-hydrogen) atoms. The predicted octanol–water partition coefficient (Wildman–Crippen LogP) is 3.92. The van der Waals surface area contributed by atoms with Gasteiger partial charge in [0.15, 0.2) is 0 Å². The van der Waals surface area contributed by atoms with E-state index in [-0.39, 0.29) is 25.5 Å². The van der Waals surface area contributed by atoms with Crippen molar-refractivity contribution in [3.05, 3.63) is 59.7 Å². The van der Waals surface area contributed by atoms with Gasteiger partial charge in [0.2, 0.25) is 5.91 Å². The number of aliphatic carboxylic acids is 1. The summed E-state index contributed by atoms with van der Waals surface area (Å²) in [5.74, 6) is -1.41. The Morgan fingerprint density at radius 2 is 1.47 bits per heavy atom. The predicted molar refractivity (Wildman–Crippen MR) is 121 cm³/mol. The van der Waals surface area contributed by atoms with Gasteiger partial charge >= 0.3 is 12.1 Å². The first-order valence-electron chi connectivity index (χ1n) is 10.6. The molecule has 170 valence electrons. The first-order valence-corrected chi connectivity index (χ1v) is 10.6. The second kappa shape index (κ2) is 9.02. The molecule has 1 aliphatic rings. The van der Waals surface area contributed by atoms with Gasteiger partial charge in [-0.3, -0.25) is 9.59 Å². The molecule has 1 aliphatic carbocycles. The second-order valence-corrected chi connectivity index (χ2v) is 9.49. The zero-order valence-electron chi connectivity index (χ0n) is 18.9. The quantitative estimate of drug-likeness (QED) is 0.579. The molecule has 3 N–H and O–H groups in total. The lowest BCUT2D eigenvalue weighted by Gasteiger charge is -2.28. The molecule has 7 nitrogen and oxygen atoms in total. The zero-order chi connectivity index (χ0) is 23.5. The van der Waals surface area contributed by atoms with Gasteiger partial charge in [0.05, 0.1) is 6.42 Å². The number of carboxylic acids is 1. The smallest absolute Gasteiger partial charge is 0.408 e. The number of carboxylic acid groups (broad SMARTS) is 1. The second-order valence-electron chi connectivity index (χ2n) is 9.49. The summed E-state index contributed by atoms with van der Waals surface area (Å²) in [6.07, 6.45) is -0.759. The third kappa shape index (κ3) is 5.28. The molecule has 0 heterocycles. The van der Waals surface area contributed by atoms with E-state index >= 15 is 0 Å². The minimum atomic E-state index is -1.22. The number of hydrogen-bond acceptors (Lipinski definition) is 4. The number of nitrogens with one attached hydrogen (secondary N) is 2. The fraction of sp³-hybridized carbons (Fsp3) is 0.400. The molecule has 0 aromatic heterocycles. The molecule has 0 saturated heterocycles. The number of rotatable bonds is 8. The van der Waals surface area contributed by atoms with Gasteiger partial charge in [-0.05, 0) is 41.5 Å². The van der Waals surface area contributed by atoms with Crippen molar-refractivity contribution in [2.75, 3.05) is 13.2 Å². The summed E-state index contributed by atoms with van der Waals surface area (Å²) in [5.41, 5.74) is 2.67. The normalized spacial score (nSPS) is 13.1. The highest BCUT2D eigenvalue weighted by Crippen LogP contribution is 2.44. The van der Waals surface area contributed by atoms with Crippen molar-refractivity contribution in [3.8, 4) is 11.1 Å². The SMILES string of the molecule is CC(C)(CNC(=O)C(C)(C)NC(=O)OCC1c2ccccc2-c2ccccc21)CC(=O)O. The van der Waals surface area contributed by atoms with E-state index in [2.05, 4.69) is 22.8 Å². The molecule has 0 aliphatic heterocycles. The van der Waals surface area contributed by atoms with E-state index in [1.54, 1.807) is 27.7 Å². The van der Waals surface area contributed by atoms with Crippen LogP contribution in [0.15, 0.2) is 48.5 Å². The fourth-order valence-electron chi connectivity index (χ4n) is 3.96. The first-order chi connectivity index (χ1) is 15.0. The lowest BCUT2D eigenvalue weighted by Crippen LogP contribution is -2.56. The summed E-state index contributed by atoms with van der Waals surface area (Å²) in [5, 5.41) is 14.3. The van der Waals surface area contributed by atoms with Crippen molar-refractivity contribution in [1.82, 2.24) is 10.6 Å². The van der Waals surface area contributed by atoms with Crippen LogP contribution in [0.2, 0.25) is 0 Å². The highest BCUT2D eigenvalue weighted by atomic mass is 16.5. The van der Waals surface area contributed by atoms with Crippen LogP contribution in [0.3, 0.4) is 0 Å². The highest BCUT2D eigenvalue weighted by molar-refractivity contribution is 5.89. The Labute approximate surface area is 188 Å². The van der Waals surface area contributed by atoms with Crippen molar-refractivity contribution in [3.63, 3.8) is 0 Å². The number of hydrogen-bond donors (Lipinski definition) is 3. The third-order valence-electron chi connectivity index (χ3n) is 5.68. The number of carbonyl (C=O) groups excluding carboxylic acids is 2. The van der Waals surface area contributed by atoms with Crippen LogP contribution in [-0.2, 0) is 14.3 Å². The fourth-order valence-corrected chi connectivity index (χ4v) is 3.96. The molecular weight excluding hydrogens is 408 g/mol. The topological polar surface area (TPSA) is 105 Å². The summed E-state index contributed by atoms with van der Waals surface area (Å²) in [6, 6.07) is 16.1. The van der Waals surface area contributed by atoms with Crippen LogP contribution >= 0.6 is 0 Å². The maximum atomic E-state index is 12.6. The molecule has 2 amide bonds. The van der Waals surface area contributed by atoms with Gasteiger partial charge in [0, 0.05) is 12.5 Å². The van der Waals surface area contributed by atoms with E-state index < -0.39 is 28.9 Å². The van der Waals surface area contributed by atoms with E-state index in [0.29, 0.717) is 0 Å². The molecule has 2 aromatic rings. The van der Waals surface area contributed by atoms with Gasteiger partial charge < -0.3 is 20.5 Å². The van der Waals surface area contributed by atoms with Crippen LogP contribution in [0.1, 0.15) is 51.2 Å². The summed E-state index contributed by atoms with van der Waals surface area (Å²) in [4.78, 5) is 36.0. The maximum Gasteiger partial charge on any atom is 0.408 e. The monoisotopic (exact) mass is 438 g/mol.